The highest BCUT2D eigenvalue weighted by Crippen LogP contribution is 1.83. The highest BCUT2D eigenvalue weighted by molar-refractivity contribution is 7.16. The summed E-state index contributed by atoms with van der Waals surface area (Å²) in [5.41, 5.74) is 5.16. The third kappa shape index (κ3) is 12.3. The van der Waals surface area contributed by atoms with Crippen molar-refractivity contribution in [3.63, 3.8) is 0 Å². The molecule has 1 unspecified atom stereocenters. The molecule has 0 aliphatic heterocycles. The van der Waals surface area contributed by atoms with Crippen LogP contribution in [0.1, 0.15) is 6.42 Å². The first-order valence-corrected chi connectivity index (χ1v) is 4.29. The van der Waals surface area contributed by atoms with Gasteiger partial charge in [0.2, 0.25) is 0 Å². The van der Waals surface area contributed by atoms with Crippen LogP contribution < -0.4 is 11.1 Å². The molecule has 0 aromatic carbocycles. The van der Waals surface area contributed by atoms with Gasteiger partial charge >= 0.3 is 5.97 Å². The van der Waals surface area contributed by atoms with Crippen molar-refractivity contribution < 1.29 is 19.4 Å². The van der Waals surface area contributed by atoms with Gasteiger partial charge < -0.3 is 21.1 Å². The topological polar surface area (TPSA) is 113 Å². The van der Waals surface area contributed by atoms with E-state index in [0.29, 0.717) is 13.0 Å². The third-order valence-corrected chi connectivity index (χ3v) is 1.02. The van der Waals surface area contributed by atoms with E-state index >= 15 is 0 Å². The zero-order valence-corrected chi connectivity index (χ0v) is 8.01. The van der Waals surface area contributed by atoms with Gasteiger partial charge in [0.1, 0.15) is 6.04 Å². The summed E-state index contributed by atoms with van der Waals surface area (Å²) in [5.74, 6) is -0.940. The number of hydrogen-bond donors (Lipinski definition) is 4. The molecule has 0 aliphatic carbocycles. The van der Waals surface area contributed by atoms with Gasteiger partial charge in [0, 0.05) is 0 Å². The molecule has 12 heavy (non-hydrogen) atoms. The Balaban J connectivity index is 0. The molecule has 0 amide bonds. The summed E-state index contributed by atoms with van der Waals surface area (Å²) in [4.78, 5) is 17.1. The second-order valence-corrected chi connectivity index (χ2v) is 2.15. The van der Waals surface area contributed by atoms with Crippen molar-refractivity contribution in [2.24, 2.45) is 5.73 Å². The quantitative estimate of drug-likeness (QED) is 0.416. The highest BCUT2D eigenvalue weighted by atomic mass is 31.1. The van der Waals surface area contributed by atoms with E-state index in [9.17, 15) is 4.79 Å². The Morgan fingerprint density at radius 2 is 2.17 bits per heavy atom. The molecule has 0 aliphatic rings. The number of aliphatic carboxylic acids is 1. The van der Waals surface area contributed by atoms with Crippen LogP contribution in [-0.2, 0) is 9.36 Å². The van der Waals surface area contributed by atoms with Gasteiger partial charge in [-0.15, -0.1) is 0 Å². The van der Waals surface area contributed by atoms with Crippen LogP contribution in [0.4, 0.5) is 0 Å². The molecule has 0 aromatic heterocycles. The molecule has 6 nitrogen and oxygen atoms in total. The lowest BCUT2D eigenvalue weighted by Gasteiger charge is -2.03. The van der Waals surface area contributed by atoms with Gasteiger partial charge in [-0.05, 0) is 20.0 Å². The minimum absolute atomic E-state index is 0.478. The normalized spacial score (nSPS) is 12.2. The fourth-order valence-electron chi connectivity index (χ4n) is 0.423. The molecule has 7 heteroatoms. The van der Waals surface area contributed by atoms with Crippen LogP contribution in [0.3, 0.4) is 0 Å². The van der Waals surface area contributed by atoms with Crippen molar-refractivity contribution in [3.05, 3.63) is 0 Å². The molecule has 2 atom stereocenters. The zero-order valence-electron chi connectivity index (χ0n) is 6.86. The molecule has 0 fully saturated rings. The molecule has 0 aromatic rings. The van der Waals surface area contributed by atoms with E-state index in [-0.39, 0.29) is 0 Å². The summed E-state index contributed by atoms with van der Waals surface area (Å²) < 4.78 is 8.57. The first-order valence-electron chi connectivity index (χ1n) is 3.31. The molecular weight excluding hydrogens is 183 g/mol. The zero-order chi connectivity index (χ0) is 9.98. The lowest BCUT2D eigenvalue weighted by atomic mass is 10.2. The summed E-state index contributed by atoms with van der Waals surface area (Å²) >= 11 is 0. The van der Waals surface area contributed by atoms with Gasteiger partial charge in [-0.25, -0.2) is 0 Å². The highest BCUT2D eigenvalue weighted by Gasteiger charge is 2.08. The van der Waals surface area contributed by atoms with Crippen molar-refractivity contribution in [3.8, 4) is 0 Å². The SMILES string of the molecule is CNCC[C@H](N)C(=O)O.O=[PH2]O. The van der Waals surface area contributed by atoms with Crippen molar-refractivity contribution in [1.29, 1.82) is 0 Å². The van der Waals surface area contributed by atoms with E-state index in [4.69, 9.17) is 20.3 Å². The maximum absolute atomic E-state index is 10.1. The van der Waals surface area contributed by atoms with E-state index in [2.05, 4.69) is 5.32 Å². The third-order valence-electron chi connectivity index (χ3n) is 1.02. The Morgan fingerprint density at radius 1 is 1.75 bits per heavy atom. The van der Waals surface area contributed by atoms with Gasteiger partial charge in [-0.2, -0.15) is 0 Å². The average molecular weight is 198 g/mol. The molecule has 74 valence electrons. The maximum atomic E-state index is 10.1. The summed E-state index contributed by atoms with van der Waals surface area (Å²) in [6.45, 7) is 0.646. The predicted octanol–water partition coefficient (Wildman–Crippen LogP) is -1.34. The van der Waals surface area contributed by atoms with E-state index in [1.807, 2.05) is 0 Å². The fraction of sp³-hybridized carbons (Fsp3) is 0.800. The van der Waals surface area contributed by atoms with Gasteiger partial charge in [0.15, 0.2) is 8.69 Å². The van der Waals surface area contributed by atoms with Crippen molar-refractivity contribution >= 4 is 14.7 Å². The predicted molar refractivity (Wildman–Crippen MR) is 46.8 cm³/mol. The van der Waals surface area contributed by atoms with Crippen LogP contribution >= 0.6 is 8.69 Å². The number of nitrogens with two attached hydrogens (primary N) is 1. The Bertz CT molecular complexity index is 133. The van der Waals surface area contributed by atoms with Gasteiger partial charge in [-0.1, -0.05) is 0 Å². The van der Waals surface area contributed by atoms with Gasteiger partial charge in [0.05, 0.1) is 0 Å². The molecule has 0 spiro atoms. The Labute approximate surface area is 72.1 Å². The minimum atomic E-state index is -1.50. The fourth-order valence-corrected chi connectivity index (χ4v) is 0.423. The number of carboxylic acids is 1. The maximum Gasteiger partial charge on any atom is 0.320 e. The number of carboxylic acid groups (broad SMARTS) is 1. The number of nitrogens with one attached hydrogen (secondary N) is 1. The first kappa shape index (κ1) is 14.1. The standard InChI is InChI=1S/C5H12N2O2.H3O2P/c1-7-3-2-4(6)5(8)9;1-3-2/h4,7H,2-3,6H2,1H3,(H,8,9);3H2,(H,1,2)/t4-;/m0./s1. The van der Waals surface area contributed by atoms with Crippen LogP contribution in [0.5, 0.6) is 0 Å². The van der Waals surface area contributed by atoms with Crippen LogP contribution in [0.2, 0.25) is 0 Å². The van der Waals surface area contributed by atoms with Crippen LogP contribution in [0.25, 0.3) is 0 Å². The largest absolute Gasteiger partial charge is 0.480 e. The number of carbonyl (C=O) groups is 1. The lowest BCUT2D eigenvalue weighted by Crippen LogP contribution is -2.32. The summed E-state index contributed by atoms with van der Waals surface area (Å²) in [6, 6.07) is -0.725. The van der Waals surface area contributed by atoms with Crippen LogP contribution in [0.15, 0.2) is 0 Å². The number of hydrogen-bond acceptors (Lipinski definition) is 4. The Morgan fingerprint density at radius 3 is 2.42 bits per heavy atom. The van der Waals surface area contributed by atoms with E-state index in [1.165, 1.54) is 0 Å². The molecule has 0 bridgehead atoms. The molecule has 0 heterocycles. The van der Waals surface area contributed by atoms with E-state index < -0.39 is 20.7 Å². The first-order chi connectivity index (χ1) is 5.59. The van der Waals surface area contributed by atoms with E-state index in [1.54, 1.807) is 7.05 Å². The van der Waals surface area contributed by atoms with Crippen LogP contribution in [0, 0.1) is 0 Å². The minimum Gasteiger partial charge on any atom is -0.480 e. The lowest BCUT2D eigenvalue weighted by molar-refractivity contribution is -0.138. The Hall–Kier alpha value is -0.420. The smallest absolute Gasteiger partial charge is 0.320 e. The second kappa shape index (κ2) is 10.6. The summed E-state index contributed by atoms with van der Waals surface area (Å²) in [6.07, 6.45) is 0.478. The monoisotopic (exact) mass is 198 g/mol. The molecule has 0 radical (unpaired) electrons. The van der Waals surface area contributed by atoms with E-state index in [0.717, 1.165) is 0 Å². The molecule has 0 saturated carbocycles. The molecule has 5 N–H and O–H groups in total. The second-order valence-electron chi connectivity index (χ2n) is 1.94. The van der Waals surface area contributed by atoms with Gasteiger partial charge in [-0.3, -0.25) is 9.36 Å². The van der Waals surface area contributed by atoms with Gasteiger partial charge in [0.25, 0.3) is 0 Å². The van der Waals surface area contributed by atoms with Crippen molar-refractivity contribution in [2.75, 3.05) is 13.6 Å². The van der Waals surface area contributed by atoms with Crippen LogP contribution in [-0.4, -0.2) is 35.6 Å². The molecule has 0 saturated heterocycles. The number of rotatable bonds is 4. The molecule has 0 rings (SSSR count). The van der Waals surface area contributed by atoms with Crippen molar-refractivity contribution in [1.82, 2.24) is 5.32 Å². The Kier molecular flexibility index (Phi) is 12.5. The average Bonchev–Trinajstić information content (AvgIpc) is 2.01. The summed E-state index contributed by atoms with van der Waals surface area (Å²) in [7, 11) is 0.259. The molecular formula is C5H15N2O4P. The van der Waals surface area contributed by atoms with Crippen molar-refractivity contribution in [2.45, 2.75) is 12.5 Å². The summed E-state index contributed by atoms with van der Waals surface area (Å²) in [5, 5.41) is 11.1.